The molecule has 0 fully saturated rings. The molecule has 2 N–H and O–H groups in total. The van der Waals surface area contributed by atoms with Crippen LogP contribution in [0.1, 0.15) is 5.56 Å². The van der Waals surface area contributed by atoms with Crippen LogP contribution in [0.15, 0.2) is 35.4 Å². The first-order valence-corrected chi connectivity index (χ1v) is 3.21. The number of rotatable bonds is 1. The van der Waals surface area contributed by atoms with Crippen LogP contribution in [0.25, 0.3) is 0 Å². The summed E-state index contributed by atoms with van der Waals surface area (Å²) in [6.07, 6.45) is 0. The minimum atomic E-state index is 0.334. The van der Waals surface area contributed by atoms with Crippen molar-refractivity contribution in [3.63, 3.8) is 0 Å². The molecule has 2 nitrogen and oxygen atoms in total. The summed E-state index contributed by atoms with van der Waals surface area (Å²) >= 11 is 5.62. The molecule has 0 amide bonds. The summed E-state index contributed by atoms with van der Waals surface area (Å²) in [7, 11) is 0. The van der Waals surface area contributed by atoms with Crippen molar-refractivity contribution in [3.8, 4) is 0 Å². The molecule has 0 radical (unpaired) electrons. The maximum atomic E-state index is 5.62. The number of hydrogen-bond acceptors (Lipinski definition) is 2. The van der Waals surface area contributed by atoms with E-state index in [1.54, 1.807) is 0 Å². The highest BCUT2D eigenvalue weighted by molar-refractivity contribution is 6.69. The van der Waals surface area contributed by atoms with Crippen molar-refractivity contribution in [2.45, 2.75) is 0 Å². The fourth-order valence-electron chi connectivity index (χ4n) is 0.650. The molecule has 1 rings (SSSR count). The van der Waals surface area contributed by atoms with E-state index in [4.69, 9.17) is 17.4 Å². The molecule has 0 aliphatic carbocycles. The van der Waals surface area contributed by atoms with Gasteiger partial charge < -0.3 is 5.84 Å². The van der Waals surface area contributed by atoms with Gasteiger partial charge in [0, 0.05) is 5.56 Å². The van der Waals surface area contributed by atoms with E-state index in [1.165, 1.54) is 0 Å². The third-order valence-electron chi connectivity index (χ3n) is 1.13. The van der Waals surface area contributed by atoms with Gasteiger partial charge in [0.25, 0.3) is 0 Å². The Morgan fingerprint density at radius 2 is 1.90 bits per heavy atom. The largest absolute Gasteiger partial charge is 0.322 e. The second-order valence-electron chi connectivity index (χ2n) is 1.79. The number of benzene rings is 1. The van der Waals surface area contributed by atoms with E-state index in [2.05, 4.69) is 5.10 Å². The standard InChI is InChI=1S/C7H7ClN2/c8-7(10-9)6-4-2-1-3-5-6/h1-5H,9H2/b10-7-. The number of nitrogens with zero attached hydrogens (tertiary/aromatic N) is 1. The summed E-state index contributed by atoms with van der Waals surface area (Å²) in [6, 6.07) is 9.35. The monoisotopic (exact) mass is 154 g/mol. The fourth-order valence-corrected chi connectivity index (χ4v) is 0.776. The number of hydrazone groups is 1. The Balaban J connectivity index is 2.96. The van der Waals surface area contributed by atoms with Crippen molar-refractivity contribution >= 4 is 16.8 Å². The van der Waals surface area contributed by atoms with Crippen molar-refractivity contribution in [2.75, 3.05) is 0 Å². The predicted octanol–water partition coefficient (Wildman–Crippen LogP) is 1.55. The van der Waals surface area contributed by atoms with Gasteiger partial charge in [0.15, 0.2) is 5.17 Å². The van der Waals surface area contributed by atoms with E-state index >= 15 is 0 Å². The molecule has 0 aliphatic heterocycles. The quantitative estimate of drug-likeness (QED) is 0.372. The average molecular weight is 155 g/mol. The lowest BCUT2D eigenvalue weighted by atomic mass is 10.2. The van der Waals surface area contributed by atoms with Crippen molar-refractivity contribution in [1.82, 2.24) is 0 Å². The Morgan fingerprint density at radius 3 is 2.40 bits per heavy atom. The molecule has 0 unspecified atom stereocenters. The zero-order chi connectivity index (χ0) is 7.40. The molecule has 0 saturated heterocycles. The van der Waals surface area contributed by atoms with Gasteiger partial charge in [-0.2, -0.15) is 5.10 Å². The van der Waals surface area contributed by atoms with Crippen molar-refractivity contribution in [3.05, 3.63) is 35.9 Å². The molecule has 0 atom stereocenters. The number of halogens is 1. The van der Waals surface area contributed by atoms with E-state index in [1.807, 2.05) is 30.3 Å². The normalized spacial score (nSPS) is 11.5. The molecule has 0 aromatic heterocycles. The number of hydrogen-bond donors (Lipinski definition) is 1. The highest BCUT2D eigenvalue weighted by atomic mass is 35.5. The number of nitrogens with two attached hydrogens (primary N) is 1. The van der Waals surface area contributed by atoms with Crippen LogP contribution >= 0.6 is 11.6 Å². The third kappa shape index (κ3) is 1.48. The minimum Gasteiger partial charge on any atom is -0.322 e. The summed E-state index contributed by atoms with van der Waals surface area (Å²) in [4.78, 5) is 0. The lowest BCUT2D eigenvalue weighted by molar-refractivity contribution is 1.26. The lowest BCUT2D eigenvalue weighted by Gasteiger charge is -1.92. The van der Waals surface area contributed by atoms with Crippen LogP contribution < -0.4 is 5.84 Å². The Bertz CT molecular complexity index is 231. The molecule has 0 aliphatic rings. The maximum Gasteiger partial charge on any atom is 0.155 e. The summed E-state index contributed by atoms with van der Waals surface area (Å²) in [5, 5.41) is 3.67. The van der Waals surface area contributed by atoms with Crippen LogP contribution in [0.4, 0.5) is 0 Å². The second kappa shape index (κ2) is 3.22. The molecular formula is C7H7ClN2. The lowest BCUT2D eigenvalue weighted by Crippen LogP contribution is -1.94. The topological polar surface area (TPSA) is 38.4 Å². The van der Waals surface area contributed by atoms with Gasteiger partial charge in [0.05, 0.1) is 0 Å². The van der Waals surface area contributed by atoms with Gasteiger partial charge in [-0.3, -0.25) is 0 Å². The van der Waals surface area contributed by atoms with Crippen molar-refractivity contribution in [1.29, 1.82) is 0 Å². The molecular weight excluding hydrogens is 148 g/mol. The van der Waals surface area contributed by atoms with Crippen molar-refractivity contribution in [2.24, 2.45) is 10.9 Å². The summed E-state index contributed by atoms with van der Waals surface area (Å²) < 4.78 is 0. The molecule has 0 heterocycles. The molecule has 0 spiro atoms. The van der Waals surface area contributed by atoms with E-state index in [0.717, 1.165) is 5.56 Å². The van der Waals surface area contributed by atoms with Crippen LogP contribution in [0, 0.1) is 0 Å². The SMILES string of the molecule is N/N=C(\Cl)c1ccccc1. The van der Waals surface area contributed by atoms with Crippen LogP contribution in [0.3, 0.4) is 0 Å². The minimum absolute atomic E-state index is 0.334. The molecule has 3 heteroatoms. The average Bonchev–Trinajstić information content (AvgIpc) is 2.05. The van der Waals surface area contributed by atoms with Gasteiger partial charge in [0.1, 0.15) is 0 Å². The zero-order valence-corrected chi connectivity index (χ0v) is 6.05. The molecule has 1 aromatic carbocycles. The van der Waals surface area contributed by atoms with Gasteiger partial charge in [-0.25, -0.2) is 0 Å². The fraction of sp³-hybridized carbons (Fsp3) is 0. The predicted molar refractivity (Wildman–Crippen MR) is 43.0 cm³/mol. The molecule has 10 heavy (non-hydrogen) atoms. The summed E-state index contributed by atoms with van der Waals surface area (Å²) in [5.41, 5.74) is 0.840. The summed E-state index contributed by atoms with van der Waals surface area (Å²) in [6.45, 7) is 0. The Morgan fingerprint density at radius 1 is 1.30 bits per heavy atom. The molecule has 0 saturated carbocycles. The molecule has 52 valence electrons. The van der Waals surface area contributed by atoms with Crippen LogP contribution in [0.5, 0.6) is 0 Å². The Kier molecular flexibility index (Phi) is 2.29. The van der Waals surface area contributed by atoms with Crippen molar-refractivity contribution < 1.29 is 0 Å². The van der Waals surface area contributed by atoms with E-state index in [9.17, 15) is 0 Å². The van der Waals surface area contributed by atoms with E-state index in [-0.39, 0.29) is 0 Å². The van der Waals surface area contributed by atoms with Gasteiger partial charge in [-0.05, 0) is 0 Å². The van der Waals surface area contributed by atoms with Crippen LogP contribution in [-0.2, 0) is 0 Å². The smallest absolute Gasteiger partial charge is 0.155 e. The highest BCUT2D eigenvalue weighted by Crippen LogP contribution is 2.02. The maximum absolute atomic E-state index is 5.62. The summed E-state index contributed by atoms with van der Waals surface area (Å²) in [5.74, 6) is 4.96. The van der Waals surface area contributed by atoms with E-state index in [0.29, 0.717) is 5.17 Å². The Hall–Kier alpha value is -1.02. The first-order chi connectivity index (χ1) is 4.84. The first kappa shape index (κ1) is 7.09. The highest BCUT2D eigenvalue weighted by Gasteiger charge is 1.94. The Labute approximate surface area is 64.3 Å². The van der Waals surface area contributed by atoms with Gasteiger partial charge in [0.2, 0.25) is 0 Å². The van der Waals surface area contributed by atoms with Gasteiger partial charge >= 0.3 is 0 Å². The van der Waals surface area contributed by atoms with Gasteiger partial charge in [-0.1, -0.05) is 41.9 Å². The van der Waals surface area contributed by atoms with E-state index < -0.39 is 0 Å². The van der Waals surface area contributed by atoms with Crippen LogP contribution in [-0.4, -0.2) is 5.17 Å². The first-order valence-electron chi connectivity index (χ1n) is 2.83. The second-order valence-corrected chi connectivity index (χ2v) is 2.14. The third-order valence-corrected chi connectivity index (χ3v) is 1.44. The molecule has 1 aromatic rings. The molecule has 0 bridgehead atoms. The van der Waals surface area contributed by atoms with Crippen LogP contribution in [0.2, 0.25) is 0 Å². The zero-order valence-electron chi connectivity index (χ0n) is 5.29. The van der Waals surface area contributed by atoms with Gasteiger partial charge in [-0.15, -0.1) is 0 Å².